The zero-order valence-electron chi connectivity index (χ0n) is 21.4. The molecule has 11 heteroatoms. The first-order valence-corrected chi connectivity index (χ1v) is 13.2. The lowest BCUT2D eigenvalue weighted by Crippen LogP contribution is -2.24. The third-order valence-electron chi connectivity index (χ3n) is 7.42. The molecule has 6 heterocycles. The van der Waals surface area contributed by atoms with Crippen molar-refractivity contribution in [3.05, 3.63) is 67.4 Å². The van der Waals surface area contributed by atoms with Crippen molar-refractivity contribution < 1.29 is 9.18 Å². The van der Waals surface area contributed by atoms with E-state index in [1.165, 1.54) is 18.8 Å². The van der Waals surface area contributed by atoms with Crippen LogP contribution in [-0.4, -0.2) is 46.0 Å². The number of carbonyl (C=O) groups excluding carboxylic acids is 1. The summed E-state index contributed by atoms with van der Waals surface area (Å²) in [7, 11) is 0. The minimum absolute atomic E-state index is 0.00445. The van der Waals surface area contributed by atoms with E-state index in [-0.39, 0.29) is 22.9 Å². The van der Waals surface area contributed by atoms with Gasteiger partial charge in [0.15, 0.2) is 11.6 Å². The Bertz CT molecular complexity index is 1860. The van der Waals surface area contributed by atoms with Crippen molar-refractivity contribution in [2.75, 3.05) is 5.32 Å². The summed E-state index contributed by atoms with van der Waals surface area (Å²) in [6, 6.07) is 5.46. The number of imidazole rings is 1. The van der Waals surface area contributed by atoms with Gasteiger partial charge in [-0.05, 0) is 36.6 Å². The number of anilines is 1. The summed E-state index contributed by atoms with van der Waals surface area (Å²) in [5, 5.41) is 10.4. The summed E-state index contributed by atoms with van der Waals surface area (Å²) in [4.78, 5) is 37.8. The second-order valence-corrected chi connectivity index (χ2v) is 9.97. The minimum atomic E-state index is -0.563. The number of nitrogens with zero attached hydrogens (tertiary/aromatic N) is 6. The molecule has 0 radical (unpaired) electrons. The lowest BCUT2D eigenvalue weighted by Gasteiger charge is -2.20. The Kier molecular flexibility index (Phi) is 5.95. The molecule has 1 aliphatic carbocycles. The first-order valence-electron chi connectivity index (χ1n) is 13.2. The highest BCUT2D eigenvalue weighted by molar-refractivity contribution is 5.98. The summed E-state index contributed by atoms with van der Waals surface area (Å²) in [6.07, 6.45) is 16.5. The summed E-state index contributed by atoms with van der Waals surface area (Å²) in [6.45, 7) is 0. The Balaban J connectivity index is 1.26. The number of aromatic nitrogens is 8. The third kappa shape index (κ3) is 4.25. The van der Waals surface area contributed by atoms with Gasteiger partial charge in [0.25, 0.3) is 0 Å². The fourth-order valence-corrected chi connectivity index (χ4v) is 5.39. The number of amides is 1. The summed E-state index contributed by atoms with van der Waals surface area (Å²) in [5.74, 6) is -0.171. The molecule has 40 heavy (non-hydrogen) atoms. The topological polar surface area (TPSA) is 138 Å². The van der Waals surface area contributed by atoms with E-state index >= 15 is 4.39 Å². The van der Waals surface area contributed by atoms with Gasteiger partial charge < -0.3 is 10.3 Å². The van der Waals surface area contributed by atoms with Crippen molar-refractivity contribution in [3.63, 3.8) is 0 Å². The van der Waals surface area contributed by atoms with E-state index in [1.807, 2.05) is 12.1 Å². The molecule has 0 saturated heterocycles. The number of rotatable bonds is 5. The SMILES string of the molecule is O=C(Nc1cncc(-c2ncc3n[nH]c(-c4nc5c(-c6ccncc6)cncc5[nH]4)c3c2F)c1)C1CCCCC1. The standard InChI is InChI=1S/C29H24FN9O/c30-24-23-21(15-34-25(24)18-10-19(12-32-11-18)35-29(40)17-4-2-1-3-5-17)38-39-27(23)28-36-22-14-33-13-20(26(22)37-28)16-6-8-31-9-7-16/h6-15,17H,1-5H2,(H,35,40)(H,36,37)(H,38,39). The number of carbonyl (C=O) groups is 1. The van der Waals surface area contributed by atoms with Crippen LogP contribution >= 0.6 is 0 Å². The maximum atomic E-state index is 16.1. The van der Waals surface area contributed by atoms with Gasteiger partial charge in [-0.3, -0.25) is 29.8 Å². The molecule has 0 unspecified atom stereocenters. The monoisotopic (exact) mass is 533 g/mol. The number of aromatic amines is 2. The van der Waals surface area contributed by atoms with Gasteiger partial charge in [-0.15, -0.1) is 0 Å². The predicted octanol–water partition coefficient (Wildman–Crippen LogP) is 5.68. The molecule has 6 aromatic heterocycles. The predicted molar refractivity (Wildman–Crippen MR) is 148 cm³/mol. The normalized spacial score (nSPS) is 14.1. The molecule has 198 valence electrons. The highest BCUT2D eigenvalue weighted by Crippen LogP contribution is 2.34. The van der Waals surface area contributed by atoms with Gasteiger partial charge in [-0.25, -0.2) is 9.37 Å². The number of hydrogen-bond acceptors (Lipinski definition) is 7. The lowest BCUT2D eigenvalue weighted by atomic mass is 9.88. The molecule has 3 N–H and O–H groups in total. The molecule has 1 aliphatic rings. The molecule has 0 atom stereocenters. The van der Waals surface area contributed by atoms with Crippen LogP contribution in [0.5, 0.6) is 0 Å². The Morgan fingerprint density at radius 2 is 1.77 bits per heavy atom. The molecule has 0 bridgehead atoms. The van der Waals surface area contributed by atoms with E-state index in [4.69, 9.17) is 4.98 Å². The van der Waals surface area contributed by atoms with Crippen LogP contribution in [0.1, 0.15) is 32.1 Å². The molecular formula is C29H24FN9O. The van der Waals surface area contributed by atoms with Gasteiger partial charge in [-0.2, -0.15) is 5.10 Å². The smallest absolute Gasteiger partial charge is 0.227 e. The Morgan fingerprint density at radius 3 is 2.62 bits per heavy atom. The summed E-state index contributed by atoms with van der Waals surface area (Å²) >= 11 is 0. The molecule has 6 aromatic rings. The van der Waals surface area contributed by atoms with Gasteiger partial charge in [0, 0.05) is 41.8 Å². The molecule has 10 nitrogen and oxygen atoms in total. The molecule has 7 rings (SSSR count). The molecule has 0 aromatic carbocycles. The van der Waals surface area contributed by atoms with E-state index in [2.05, 4.69) is 40.4 Å². The van der Waals surface area contributed by atoms with Crippen LogP contribution < -0.4 is 5.32 Å². The van der Waals surface area contributed by atoms with Crippen LogP contribution in [0, 0.1) is 11.7 Å². The number of halogens is 1. The average molecular weight is 534 g/mol. The van der Waals surface area contributed by atoms with Crippen molar-refractivity contribution in [2.24, 2.45) is 5.92 Å². The number of H-pyrrole nitrogens is 2. The van der Waals surface area contributed by atoms with Crippen molar-refractivity contribution in [1.29, 1.82) is 0 Å². The van der Waals surface area contributed by atoms with Crippen molar-refractivity contribution in [1.82, 2.24) is 40.1 Å². The minimum Gasteiger partial charge on any atom is -0.335 e. The van der Waals surface area contributed by atoms with E-state index in [0.717, 1.165) is 36.8 Å². The Labute approximate surface area is 227 Å². The Hall–Kier alpha value is -5.06. The maximum absolute atomic E-state index is 16.1. The fourth-order valence-electron chi connectivity index (χ4n) is 5.39. The van der Waals surface area contributed by atoms with Crippen LogP contribution in [0.25, 0.3) is 55.8 Å². The van der Waals surface area contributed by atoms with E-state index in [0.29, 0.717) is 39.3 Å². The Morgan fingerprint density at radius 1 is 0.950 bits per heavy atom. The third-order valence-corrected chi connectivity index (χ3v) is 7.42. The van der Waals surface area contributed by atoms with Crippen LogP contribution in [0.15, 0.2) is 61.6 Å². The molecule has 1 saturated carbocycles. The number of pyridine rings is 4. The van der Waals surface area contributed by atoms with Gasteiger partial charge in [0.05, 0.1) is 40.7 Å². The van der Waals surface area contributed by atoms with Gasteiger partial charge in [0.2, 0.25) is 5.91 Å². The first-order chi connectivity index (χ1) is 19.7. The van der Waals surface area contributed by atoms with Crippen molar-refractivity contribution >= 4 is 33.5 Å². The number of hydrogen-bond donors (Lipinski definition) is 3. The van der Waals surface area contributed by atoms with Crippen LogP contribution in [0.3, 0.4) is 0 Å². The largest absolute Gasteiger partial charge is 0.335 e. The van der Waals surface area contributed by atoms with Crippen molar-refractivity contribution in [2.45, 2.75) is 32.1 Å². The second-order valence-electron chi connectivity index (χ2n) is 9.97. The first kappa shape index (κ1) is 24.0. The molecule has 0 spiro atoms. The maximum Gasteiger partial charge on any atom is 0.227 e. The summed E-state index contributed by atoms with van der Waals surface area (Å²) < 4.78 is 16.1. The summed E-state index contributed by atoms with van der Waals surface area (Å²) in [5.41, 5.74) is 4.95. The zero-order chi connectivity index (χ0) is 27.1. The van der Waals surface area contributed by atoms with Crippen LogP contribution in [0.4, 0.5) is 10.1 Å². The van der Waals surface area contributed by atoms with Gasteiger partial charge in [0.1, 0.15) is 16.9 Å². The molecule has 0 aliphatic heterocycles. The van der Waals surface area contributed by atoms with Crippen molar-refractivity contribution in [3.8, 4) is 33.9 Å². The lowest BCUT2D eigenvalue weighted by molar-refractivity contribution is -0.120. The van der Waals surface area contributed by atoms with Crippen LogP contribution in [0.2, 0.25) is 0 Å². The molecule has 1 fully saturated rings. The highest BCUT2D eigenvalue weighted by Gasteiger charge is 2.23. The molecule has 1 amide bonds. The van der Waals surface area contributed by atoms with Gasteiger partial charge >= 0.3 is 0 Å². The van der Waals surface area contributed by atoms with E-state index < -0.39 is 5.82 Å². The number of nitrogens with one attached hydrogen (secondary N) is 3. The quantitative estimate of drug-likeness (QED) is 0.259. The van der Waals surface area contributed by atoms with E-state index in [9.17, 15) is 4.79 Å². The average Bonchev–Trinajstić information content (AvgIpc) is 3.63. The van der Waals surface area contributed by atoms with Gasteiger partial charge in [-0.1, -0.05) is 19.3 Å². The van der Waals surface area contributed by atoms with E-state index in [1.54, 1.807) is 37.1 Å². The zero-order valence-corrected chi connectivity index (χ0v) is 21.4. The fraction of sp³-hybridized carbons (Fsp3) is 0.207. The van der Waals surface area contributed by atoms with Crippen LogP contribution in [-0.2, 0) is 4.79 Å². The molecular weight excluding hydrogens is 509 g/mol. The second kappa shape index (κ2) is 9.92. The highest BCUT2D eigenvalue weighted by atomic mass is 19.1. The number of fused-ring (bicyclic) bond motifs is 2.